The molecule has 35 heavy (non-hydrogen) atoms. The summed E-state index contributed by atoms with van der Waals surface area (Å²) < 4.78 is 5.94. The van der Waals surface area contributed by atoms with Gasteiger partial charge in [0.25, 0.3) is 11.6 Å². The summed E-state index contributed by atoms with van der Waals surface area (Å²) in [6.07, 6.45) is 1.04. The molecule has 1 heterocycles. The fourth-order valence-electron chi connectivity index (χ4n) is 3.47. The maximum absolute atomic E-state index is 12.5. The van der Waals surface area contributed by atoms with E-state index < -0.39 is 10.8 Å². The molecule has 8 nitrogen and oxygen atoms in total. The van der Waals surface area contributed by atoms with Gasteiger partial charge in [0.05, 0.1) is 15.5 Å². The number of nitrogens with one attached hydrogen (secondary N) is 2. The highest BCUT2D eigenvalue weighted by molar-refractivity contribution is 7.80. The zero-order valence-electron chi connectivity index (χ0n) is 18.9. The average Bonchev–Trinajstić information content (AvgIpc) is 3.27. The van der Waals surface area contributed by atoms with Crippen LogP contribution in [0.5, 0.6) is 0 Å². The molecular formula is C25H21ClN4O4S. The predicted molar refractivity (Wildman–Crippen MR) is 140 cm³/mol. The number of hydrogen-bond acceptors (Lipinski definition) is 6. The Bertz CT molecular complexity index is 1450. The number of oxazole rings is 1. The lowest BCUT2D eigenvalue weighted by Crippen LogP contribution is -2.34. The van der Waals surface area contributed by atoms with E-state index in [1.54, 1.807) is 12.1 Å². The first kappa shape index (κ1) is 24.3. The largest absolute Gasteiger partial charge is 0.436 e. The lowest BCUT2D eigenvalue weighted by atomic mass is 9.98. The Hall–Kier alpha value is -3.82. The van der Waals surface area contributed by atoms with E-state index >= 15 is 0 Å². The summed E-state index contributed by atoms with van der Waals surface area (Å²) in [5, 5.41) is 16.3. The molecule has 0 fully saturated rings. The number of benzene rings is 3. The number of carbonyl (C=O) groups is 1. The van der Waals surface area contributed by atoms with E-state index in [4.69, 9.17) is 28.2 Å². The number of hydrogen-bond donors (Lipinski definition) is 2. The molecule has 4 rings (SSSR count). The molecule has 0 aliphatic carbocycles. The standard InChI is InChI=1S/C25H21ClN4O4S/c1-3-14(2)15-7-10-22-21(12-15)28-24(34-22)16-5-4-6-17(11-16)27-25(35)29-23(31)19-9-8-18(30(32)33)13-20(19)26/h4-14H,3H2,1-2H3,(H2,27,29,31,35)/t14-/m1/s1. The van der Waals surface area contributed by atoms with Gasteiger partial charge in [-0.1, -0.05) is 37.6 Å². The summed E-state index contributed by atoms with van der Waals surface area (Å²) >= 11 is 11.3. The van der Waals surface area contributed by atoms with Crippen molar-refractivity contribution < 1.29 is 14.1 Å². The number of fused-ring (bicyclic) bond motifs is 1. The number of anilines is 1. The first-order chi connectivity index (χ1) is 16.7. The van der Waals surface area contributed by atoms with Gasteiger partial charge in [-0.25, -0.2) is 4.98 Å². The van der Waals surface area contributed by atoms with Gasteiger partial charge in [-0.2, -0.15) is 0 Å². The number of aromatic nitrogens is 1. The van der Waals surface area contributed by atoms with Crippen LogP contribution in [0.3, 0.4) is 0 Å². The first-order valence-corrected chi connectivity index (χ1v) is 11.6. The van der Waals surface area contributed by atoms with Gasteiger partial charge in [0.15, 0.2) is 10.7 Å². The van der Waals surface area contributed by atoms with Crippen molar-refractivity contribution in [2.24, 2.45) is 0 Å². The molecule has 1 atom stereocenters. The normalized spacial score (nSPS) is 11.7. The second-order valence-electron chi connectivity index (χ2n) is 7.97. The van der Waals surface area contributed by atoms with E-state index in [0.29, 0.717) is 23.1 Å². The van der Waals surface area contributed by atoms with Crippen LogP contribution in [0.25, 0.3) is 22.6 Å². The Morgan fingerprint density at radius 2 is 2.00 bits per heavy atom. The minimum Gasteiger partial charge on any atom is -0.436 e. The molecule has 0 saturated heterocycles. The van der Waals surface area contributed by atoms with Crippen LogP contribution in [-0.4, -0.2) is 20.9 Å². The van der Waals surface area contributed by atoms with Crippen molar-refractivity contribution in [3.63, 3.8) is 0 Å². The summed E-state index contributed by atoms with van der Waals surface area (Å²) in [7, 11) is 0. The average molecular weight is 509 g/mol. The Balaban J connectivity index is 1.48. The molecule has 1 amide bonds. The molecule has 1 aromatic heterocycles. The highest BCUT2D eigenvalue weighted by atomic mass is 35.5. The van der Waals surface area contributed by atoms with Gasteiger partial charge in [-0.15, -0.1) is 0 Å². The summed E-state index contributed by atoms with van der Waals surface area (Å²) in [6.45, 7) is 4.32. The number of amides is 1. The van der Waals surface area contributed by atoms with Gasteiger partial charge >= 0.3 is 0 Å². The van der Waals surface area contributed by atoms with Crippen LogP contribution in [0.1, 0.15) is 42.1 Å². The van der Waals surface area contributed by atoms with E-state index in [0.717, 1.165) is 23.6 Å². The number of rotatable bonds is 6. The highest BCUT2D eigenvalue weighted by Gasteiger charge is 2.16. The van der Waals surface area contributed by atoms with E-state index in [1.807, 2.05) is 24.3 Å². The second-order valence-corrected chi connectivity index (χ2v) is 8.78. The van der Waals surface area contributed by atoms with Crippen LogP contribution in [0.2, 0.25) is 5.02 Å². The lowest BCUT2D eigenvalue weighted by Gasteiger charge is -2.11. The number of non-ortho nitro benzene ring substituents is 1. The first-order valence-electron chi connectivity index (χ1n) is 10.8. The van der Waals surface area contributed by atoms with Crippen LogP contribution in [0.4, 0.5) is 11.4 Å². The van der Waals surface area contributed by atoms with Crippen LogP contribution in [-0.2, 0) is 0 Å². The number of nitrogens with zero attached hydrogens (tertiary/aromatic N) is 2. The van der Waals surface area contributed by atoms with Crippen molar-refractivity contribution in [3.05, 3.63) is 86.9 Å². The minimum absolute atomic E-state index is 0.0392. The Morgan fingerprint density at radius 3 is 2.71 bits per heavy atom. The number of carbonyl (C=O) groups excluding carboxylic acids is 1. The predicted octanol–water partition coefficient (Wildman–Crippen LogP) is 6.70. The molecule has 4 aromatic rings. The monoisotopic (exact) mass is 508 g/mol. The zero-order valence-corrected chi connectivity index (χ0v) is 20.4. The smallest absolute Gasteiger partial charge is 0.270 e. The minimum atomic E-state index is -0.589. The van der Waals surface area contributed by atoms with Gasteiger partial charge in [0.2, 0.25) is 5.89 Å². The van der Waals surface area contributed by atoms with Gasteiger partial charge in [-0.3, -0.25) is 20.2 Å². The fraction of sp³-hybridized carbons (Fsp3) is 0.160. The van der Waals surface area contributed by atoms with Crippen molar-refractivity contribution in [1.82, 2.24) is 10.3 Å². The number of thiocarbonyl (C=S) groups is 1. The fourth-order valence-corrected chi connectivity index (χ4v) is 3.95. The highest BCUT2D eigenvalue weighted by Crippen LogP contribution is 2.29. The maximum atomic E-state index is 12.5. The van der Waals surface area contributed by atoms with E-state index in [2.05, 4.69) is 35.5 Å². The Morgan fingerprint density at radius 1 is 1.20 bits per heavy atom. The molecule has 0 saturated carbocycles. The van der Waals surface area contributed by atoms with Gasteiger partial charge < -0.3 is 9.73 Å². The van der Waals surface area contributed by atoms with Crippen LogP contribution >= 0.6 is 23.8 Å². The lowest BCUT2D eigenvalue weighted by molar-refractivity contribution is -0.384. The Labute approximate surface area is 211 Å². The van der Waals surface area contributed by atoms with Crippen molar-refractivity contribution in [2.75, 3.05) is 5.32 Å². The molecule has 0 spiro atoms. The summed E-state index contributed by atoms with van der Waals surface area (Å²) in [6, 6.07) is 16.9. The van der Waals surface area contributed by atoms with Crippen molar-refractivity contribution in [2.45, 2.75) is 26.2 Å². The quantitative estimate of drug-likeness (QED) is 0.169. The van der Waals surface area contributed by atoms with E-state index in [-0.39, 0.29) is 21.4 Å². The molecule has 2 N–H and O–H groups in total. The SMILES string of the molecule is CC[C@@H](C)c1ccc2oc(-c3cccc(NC(=S)NC(=O)c4ccc([N+](=O)[O-])cc4Cl)c3)nc2c1. The number of nitro groups is 1. The third-order valence-electron chi connectivity index (χ3n) is 5.60. The van der Waals surface area contributed by atoms with Crippen LogP contribution < -0.4 is 10.6 Å². The third kappa shape index (κ3) is 5.47. The van der Waals surface area contributed by atoms with Gasteiger partial charge in [-0.05, 0) is 66.5 Å². The van der Waals surface area contributed by atoms with Crippen molar-refractivity contribution >= 4 is 57.3 Å². The summed E-state index contributed by atoms with van der Waals surface area (Å²) in [5.41, 5.74) is 3.92. The van der Waals surface area contributed by atoms with E-state index in [1.165, 1.54) is 17.7 Å². The molecule has 0 aliphatic heterocycles. The molecule has 3 aromatic carbocycles. The Kier molecular flexibility index (Phi) is 7.09. The molecule has 178 valence electrons. The molecule has 0 radical (unpaired) electrons. The third-order valence-corrected chi connectivity index (χ3v) is 6.11. The van der Waals surface area contributed by atoms with Crippen LogP contribution in [0, 0.1) is 10.1 Å². The zero-order chi connectivity index (χ0) is 25.1. The molecule has 10 heteroatoms. The maximum Gasteiger partial charge on any atom is 0.270 e. The molecular weight excluding hydrogens is 488 g/mol. The van der Waals surface area contributed by atoms with Crippen molar-refractivity contribution in [3.8, 4) is 11.5 Å². The van der Waals surface area contributed by atoms with Crippen LogP contribution in [0.15, 0.2) is 65.1 Å². The van der Waals surface area contributed by atoms with E-state index in [9.17, 15) is 14.9 Å². The molecule has 0 unspecified atom stereocenters. The molecule has 0 bridgehead atoms. The summed E-state index contributed by atoms with van der Waals surface area (Å²) in [5.74, 6) is 0.316. The van der Waals surface area contributed by atoms with Gasteiger partial charge in [0, 0.05) is 23.4 Å². The number of nitro benzene ring substituents is 1. The number of halogens is 1. The topological polar surface area (TPSA) is 110 Å². The summed E-state index contributed by atoms with van der Waals surface area (Å²) in [4.78, 5) is 27.4. The van der Waals surface area contributed by atoms with Crippen molar-refractivity contribution in [1.29, 1.82) is 0 Å². The molecule has 0 aliphatic rings. The second kappa shape index (κ2) is 10.2. The van der Waals surface area contributed by atoms with Gasteiger partial charge in [0.1, 0.15) is 5.52 Å².